The molecule has 0 atom stereocenters. The van der Waals surface area contributed by atoms with Gasteiger partial charge in [0, 0.05) is 37.1 Å². The number of carbonyl (C=O) groups is 2. The molecule has 176 valence electrons. The molecule has 0 aliphatic carbocycles. The van der Waals surface area contributed by atoms with Crippen LogP contribution in [0.15, 0.2) is 36.4 Å². The quantitative estimate of drug-likeness (QED) is 0.666. The van der Waals surface area contributed by atoms with Crippen molar-refractivity contribution < 1.29 is 18.7 Å². The predicted molar refractivity (Wildman–Crippen MR) is 128 cm³/mol. The molecule has 0 aromatic heterocycles. The first-order chi connectivity index (χ1) is 16.0. The van der Waals surface area contributed by atoms with E-state index >= 15 is 0 Å². The number of carbonyl (C=O) groups excluding carboxylic acids is 2. The number of rotatable bonds is 5. The van der Waals surface area contributed by atoms with Crippen LogP contribution in [0.3, 0.4) is 0 Å². The van der Waals surface area contributed by atoms with Crippen LogP contribution in [0.1, 0.15) is 42.5 Å². The highest BCUT2D eigenvalue weighted by Gasteiger charge is 2.30. The number of hydrogen-bond donors (Lipinski definition) is 1. The van der Waals surface area contributed by atoms with Gasteiger partial charge >= 0.3 is 0 Å². The molecular formula is C25H29ClFN3O3. The zero-order chi connectivity index (χ0) is 23.4. The highest BCUT2D eigenvalue weighted by molar-refractivity contribution is 6.31. The molecule has 0 bridgehead atoms. The smallest absolute Gasteiger partial charge is 0.257 e. The van der Waals surface area contributed by atoms with Crippen molar-refractivity contribution in [1.82, 2.24) is 4.90 Å². The second-order valence-corrected chi connectivity index (χ2v) is 9.05. The molecule has 8 heteroatoms. The molecule has 0 saturated carbocycles. The number of nitrogens with one attached hydrogen (secondary N) is 1. The Morgan fingerprint density at radius 1 is 1.03 bits per heavy atom. The van der Waals surface area contributed by atoms with Gasteiger partial charge in [0.15, 0.2) is 0 Å². The molecule has 0 spiro atoms. The highest BCUT2D eigenvalue weighted by Crippen LogP contribution is 2.31. The molecule has 2 heterocycles. The fourth-order valence-corrected chi connectivity index (χ4v) is 4.79. The molecule has 1 N–H and O–H groups in total. The number of benzene rings is 2. The van der Waals surface area contributed by atoms with Crippen molar-refractivity contribution in [3.05, 3.63) is 52.8 Å². The molecule has 2 fully saturated rings. The van der Waals surface area contributed by atoms with E-state index in [-0.39, 0.29) is 23.5 Å². The number of amides is 2. The second kappa shape index (κ2) is 10.4. The van der Waals surface area contributed by atoms with Gasteiger partial charge in [-0.15, -0.1) is 0 Å². The van der Waals surface area contributed by atoms with Gasteiger partial charge in [-0.1, -0.05) is 11.6 Å². The van der Waals surface area contributed by atoms with Crippen LogP contribution in [-0.2, 0) is 4.79 Å². The van der Waals surface area contributed by atoms with E-state index in [0.29, 0.717) is 48.0 Å². The lowest BCUT2D eigenvalue weighted by Gasteiger charge is -2.33. The summed E-state index contributed by atoms with van der Waals surface area (Å²) in [5, 5.41) is 3.42. The summed E-state index contributed by atoms with van der Waals surface area (Å²) in [6, 6.07) is 9.54. The zero-order valence-corrected chi connectivity index (χ0v) is 19.5. The van der Waals surface area contributed by atoms with Crippen LogP contribution in [0.5, 0.6) is 5.75 Å². The summed E-state index contributed by atoms with van der Waals surface area (Å²) in [7, 11) is 1.52. The normalized spacial score (nSPS) is 17.1. The third kappa shape index (κ3) is 5.41. The van der Waals surface area contributed by atoms with Gasteiger partial charge in [0.05, 0.1) is 24.0 Å². The minimum atomic E-state index is -0.373. The van der Waals surface area contributed by atoms with Crippen LogP contribution in [0, 0.1) is 11.7 Å². The van der Waals surface area contributed by atoms with E-state index in [1.165, 1.54) is 25.7 Å². The minimum Gasteiger partial charge on any atom is -0.496 e. The first kappa shape index (κ1) is 23.4. The molecule has 2 aliphatic rings. The van der Waals surface area contributed by atoms with Crippen LogP contribution in [0.2, 0.25) is 5.02 Å². The molecule has 4 rings (SSSR count). The topological polar surface area (TPSA) is 61.9 Å². The maximum atomic E-state index is 14.0. The van der Waals surface area contributed by atoms with Gasteiger partial charge in [0.25, 0.3) is 5.91 Å². The Morgan fingerprint density at radius 3 is 2.45 bits per heavy atom. The lowest BCUT2D eigenvalue weighted by molar-refractivity contribution is -0.121. The van der Waals surface area contributed by atoms with Gasteiger partial charge < -0.3 is 19.9 Å². The van der Waals surface area contributed by atoms with Crippen molar-refractivity contribution in [3.8, 4) is 5.75 Å². The summed E-state index contributed by atoms with van der Waals surface area (Å²) in [6.07, 6.45) is 4.45. The Balaban J connectivity index is 1.40. The second-order valence-electron chi connectivity index (χ2n) is 8.61. The predicted octanol–water partition coefficient (Wildman–Crippen LogP) is 4.97. The summed E-state index contributed by atoms with van der Waals surface area (Å²) in [4.78, 5) is 29.9. The number of piperidine rings is 2. The molecule has 0 unspecified atom stereocenters. The lowest BCUT2D eigenvalue weighted by Crippen LogP contribution is -2.41. The summed E-state index contributed by atoms with van der Waals surface area (Å²) in [5.41, 5.74) is 1.80. The maximum absolute atomic E-state index is 14.0. The maximum Gasteiger partial charge on any atom is 0.257 e. The Labute approximate surface area is 198 Å². The van der Waals surface area contributed by atoms with Crippen molar-refractivity contribution in [2.24, 2.45) is 5.92 Å². The van der Waals surface area contributed by atoms with Crippen molar-refractivity contribution in [2.75, 3.05) is 43.5 Å². The number of nitrogens with zero attached hydrogens (tertiary/aromatic N) is 2. The van der Waals surface area contributed by atoms with E-state index in [1.54, 1.807) is 29.2 Å². The summed E-state index contributed by atoms with van der Waals surface area (Å²) in [5.74, 6) is -0.438. The molecule has 2 amide bonds. The fourth-order valence-electron chi connectivity index (χ4n) is 4.62. The van der Waals surface area contributed by atoms with Crippen LogP contribution in [0.25, 0.3) is 0 Å². The van der Waals surface area contributed by atoms with E-state index in [0.717, 1.165) is 31.6 Å². The van der Waals surface area contributed by atoms with Crippen LogP contribution < -0.4 is 15.0 Å². The van der Waals surface area contributed by atoms with Gasteiger partial charge in [0.1, 0.15) is 11.6 Å². The monoisotopic (exact) mass is 473 g/mol. The first-order valence-corrected chi connectivity index (χ1v) is 11.8. The summed E-state index contributed by atoms with van der Waals surface area (Å²) < 4.78 is 19.3. The third-order valence-electron chi connectivity index (χ3n) is 6.46. The molecule has 33 heavy (non-hydrogen) atoms. The van der Waals surface area contributed by atoms with Gasteiger partial charge in [0.2, 0.25) is 5.91 Å². The first-order valence-electron chi connectivity index (χ1n) is 11.4. The van der Waals surface area contributed by atoms with Gasteiger partial charge in [-0.2, -0.15) is 0 Å². The van der Waals surface area contributed by atoms with E-state index in [2.05, 4.69) is 10.2 Å². The minimum absolute atomic E-state index is 0.133. The van der Waals surface area contributed by atoms with Gasteiger partial charge in [-0.3, -0.25) is 9.59 Å². The lowest BCUT2D eigenvalue weighted by atomic mass is 9.95. The Morgan fingerprint density at radius 2 is 1.76 bits per heavy atom. The van der Waals surface area contributed by atoms with E-state index in [9.17, 15) is 14.0 Å². The number of methoxy groups -OCH3 is 1. The molecule has 2 saturated heterocycles. The number of halogens is 2. The van der Waals surface area contributed by atoms with E-state index < -0.39 is 0 Å². The SMILES string of the molecule is COc1ccc(Cl)cc1C(=O)N1CCC(C(=O)Nc2cc(F)ccc2N2CCCCC2)CC1. The van der Waals surface area contributed by atoms with Crippen molar-refractivity contribution in [3.63, 3.8) is 0 Å². The van der Waals surface area contributed by atoms with Crippen LogP contribution in [-0.4, -0.2) is 50.0 Å². The molecule has 6 nitrogen and oxygen atoms in total. The molecular weight excluding hydrogens is 445 g/mol. The number of likely N-dealkylation sites (tertiary alicyclic amines) is 1. The van der Waals surface area contributed by atoms with Crippen LogP contribution >= 0.6 is 11.6 Å². The fraction of sp³-hybridized carbons (Fsp3) is 0.440. The number of hydrogen-bond acceptors (Lipinski definition) is 4. The summed E-state index contributed by atoms with van der Waals surface area (Å²) >= 11 is 6.07. The molecule has 2 aromatic rings. The molecule has 2 aromatic carbocycles. The van der Waals surface area contributed by atoms with Crippen molar-refractivity contribution >= 4 is 34.8 Å². The Bertz CT molecular complexity index is 1020. The average molecular weight is 474 g/mol. The van der Waals surface area contributed by atoms with Crippen molar-refractivity contribution in [2.45, 2.75) is 32.1 Å². The molecule has 2 aliphatic heterocycles. The summed E-state index contributed by atoms with van der Waals surface area (Å²) in [6.45, 7) is 2.72. The Kier molecular flexibility index (Phi) is 7.38. The number of anilines is 2. The standard InChI is InChI=1S/C25H29ClFN3O3/c1-33-23-8-5-18(26)15-20(23)25(32)30-13-9-17(10-14-30)24(31)28-21-16-19(27)6-7-22(21)29-11-3-2-4-12-29/h5-8,15-17H,2-4,9-14H2,1H3,(H,28,31). The Hall–Kier alpha value is -2.80. The zero-order valence-electron chi connectivity index (χ0n) is 18.8. The van der Waals surface area contributed by atoms with Gasteiger partial charge in [-0.05, 0) is 68.5 Å². The largest absolute Gasteiger partial charge is 0.496 e. The molecule has 0 radical (unpaired) electrons. The third-order valence-corrected chi connectivity index (χ3v) is 6.69. The number of ether oxygens (including phenoxy) is 1. The van der Waals surface area contributed by atoms with Gasteiger partial charge in [-0.25, -0.2) is 4.39 Å². The van der Waals surface area contributed by atoms with E-state index in [4.69, 9.17) is 16.3 Å². The average Bonchev–Trinajstić information content (AvgIpc) is 2.84. The van der Waals surface area contributed by atoms with Crippen molar-refractivity contribution in [1.29, 1.82) is 0 Å². The van der Waals surface area contributed by atoms with E-state index in [1.807, 2.05) is 0 Å². The highest BCUT2D eigenvalue weighted by atomic mass is 35.5. The van der Waals surface area contributed by atoms with Crippen LogP contribution in [0.4, 0.5) is 15.8 Å².